The second-order valence-corrected chi connectivity index (χ2v) is 5.27. The number of aromatic nitrogens is 2. The van der Waals surface area contributed by atoms with Crippen LogP contribution in [0.1, 0.15) is 17.0 Å². The minimum Gasteiger partial charge on any atom is -0.258 e. The molecule has 9 heteroatoms. The normalized spacial score (nSPS) is 11.6. The van der Waals surface area contributed by atoms with E-state index in [1.165, 1.54) is 0 Å². The Bertz CT molecular complexity index is 671. The van der Waals surface area contributed by atoms with E-state index in [-0.39, 0.29) is 18.7 Å². The van der Waals surface area contributed by atoms with Gasteiger partial charge in [0.1, 0.15) is 5.69 Å². The standard InChI is InChI=1S/C13H11BrF3N3O2/c14-7-6-10-11(20(21)22)12(13(15,16)17)18-19(10)8-9-4-2-1-3-5-9/h1-5H,6-8H2. The minimum absolute atomic E-state index is 0.0418. The maximum Gasteiger partial charge on any atom is 0.442 e. The Morgan fingerprint density at radius 2 is 1.91 bits per heavy atom. The number of nitro groups is 1. The van der Waals surface area contributed by atoms with E-state index in [0.29, 0.717) is 10.9 Å². The predicted molar refractivity (Wildman–Crippen MR) is 76.9 cm³/mol. The summed E-state index contributed by atoms with van der Waals surface area (Å²) in [4.78, 5) is 10.0. The number of benzene rings is 1. The summed E-state index contributed by atoms with van der Waals surface area (Å²) in [5.74, 6) is 0. The molecule has 0 aliphatic carbocycles. The van der Waals surface area contributed by atoms with Crippen LogP contribution in [-0.4, -0.2) is 20.0 Å². The highest BCUT2D eigenvalue weighted by atomic mass is 79.9. The first-order valence-electron chi connectivity index (χ1n) is 6.25. The average molecular weight is 378 g/mol. The molecule has 2 aromatic rings. The van der Waals surface area contributed by atoms with Crippen LogP contribution < -0.4 is 0 Å². The van der Waals surface area contributed by atoms with E-state index in [0.717, 1.165) is 4.68 Å². The van der Waals surface area contributed by atoms with Crippen molar-refractivity contribution in [3.8, 4) is 0 Å². The number of hydrogen-bond acceptors (Lipinski definition) is 3. The van der Waals surface area contributed by atoms with Crippen LogP contribution in [0.25, 0.3) is 0 Å². The molecule has 0 spiro atoms. The van der Waals surface area contributed by atoms with Gasteiger partial charge in [0.2, 0.25) is 5.69 Å². The van der Waals surface area contributed by atoms with Gasteiger partial charge in [-0.1, -0.05) is 46.3 Å². The third kappa shape index (κ3) is 3.46. The van der Waals surface area contributed by atoms with Crippen molar-refractivity contribution in [2.75, 3.05) is 5.33 Å². The van der Waals surface area contributed by atoms with Crippen LogP contribution >= 0.6 is 15.9 Å². The van der Waals surface area contributed by atoms with Gasteiger partial charge in [0.25, 0.3) is 0 Å². The fourth-order valence-electron chi connectivity index (χ4n) is 2.09. The number of nitrogens with zero attached hydrogens (tertiary/aromatic N) is 3. The molecule has 0 amide bonds. The third-order valence-corrected chi connectivity index (χ3v) is 3.38. The first-order chi connectivity index (χ1) is 10.3. The van der Waals surface area contributed by atoms with Crippen molar-refractivity contribution < 1.29 is 18.1 Å². The summed E-state index contributed by atoms with van der Waals surface area (Å²) >= 11 is 3.10. The lowest BCUT2D eigenvalue weighted by Gasteiger charge is -2.05. The van der Waals surface area contributed by atoms with E-state index >= 15 is 0 Å². The minimum atomic E-state index is -4.87. The Kier molecular flexibility index (Phi) is 4.84. The molecular formula is C13H11BrF3N3O2. The molecule has 0 radical (unpaired) electrons. The summed E-state index contributed by atoms with van der Waals surface area (Å²) in [6.45, 7) is 0.0418. The van der Waals surface area contributed by atoms with Gasteiger partial charge in [0.05, 0.1) is 11.5 Å². The zero-order valence-electron chi connectivity index (χ0n) is 11.2. The van der Waals surface area contributed by atoms with Gasteiger partial charge in [-0.05, 0) is 5.56 Å². The zero-order chi connectivity index (χ0) is 16.3. The average Bonchev–Trinajstić information content (AvgIpc) is 2.79. The second kappa shape index (κ2) is 6.47. The molecule has 22 heavy (non-hydrogen) atoms. The van der Waals surface area contributed by atoms with Crippen LogP contribution in [0.3, 0.4) is 0 Å². The molecule has 0 N–H and O–H groups in total. The third-order valence-electron chi connectivity index (χ3n) is 2.99. The smallest absolute Gasteiger partial charge is 0.258 e. The van der Waals surface area contributed by atoms with Gasteiger partial charge in [-0.3, -0.25) is 14.8 Å². The van der Waals surface area contributed by atoms with Crippen LogP contribution in [0.5, 0.6) is 0 Å². The van der Waals surface area contributed by atoms with Crippen molar-refractivity contribution >= 4 is 21.6 Å². The summed E-state index contributed by atoms with van der Waals surface area (Å²) < 4.78 is 40.0. The first kappa shape index (κ1) is 16.5. The summed E-state index contributed by atoms with van der Waals surface area (Å²) in [7, 11) is 0. The van der Waals surface area contributed by atoms with Crippen LogP contribution in [0, 0.1) is 10.1 Å². The van der Waals surface area contributed by atoms with Crippen LogP contribution in [0.2, 0.25) is 0 Å². The molecule has 1 aromatic heterocycles. The molecule has 1 heterocycles. The second-order valence-electron chi connectivity index (χ2n) is 4.48. The SMILES string of the molecule is O=[N+]([O-])c1c(C(F)(F)F)nn(Cc2ccccc2)c1CCBr. The van der Waals surface area contributed by atoms with Gasteiger partial charge in [-0.15, -0.1) is 0 Å². The van der Waals surface area contributed by atoms with Crippen molar-refractivity contribution in [1.29, 1.82) is 0 Å². The zero-order valence-corrected chi connectivity index (χ0v) is 12.8. The van der Waals surface area contributed by atoms with Gasteiger partial charge in [0, 0.05) is 11.8 Å². The molecule has 0 atom stereocenters. The van der Waals surface area contributed by atoms with E-state index in [4.69, 9.17) is 0 Å². The lowest BCUT2D eigenvalue weighted by atomic mass is 10.2. The summed E-state index contributed by atoms with van der Waals surface area (Å²) in [5.41, 5.74) is -1.75. The quantitative estimate of drug-likeness (QED) is 0.452. The van der Waals surface area contributed by atoms with Crippen molar-refractivity contribution in [2.45, 2.75) is 19.1 Å². The highest BCUT2D eigenvalue weighted by Gasteiger charge is 2.44. The first-order valence-corrected chi connectivity index (χ1v) is 7.38. The van der Waals surface area contributed by atoms with Crippen LogP contribution in [0.15, 0.2) is 30.3 Å². The topological polar surface area (TPSA) is 61.0 Å². The molecular weight excluding hydrogens is 367 g/mol. The summed E-state index contributed by atoms with van der Waals surface area (Å²) in [6, 6.07) is 8.69. The van der Waals surface area contributed by atoms with Crippen LogP contribution in [0.4, 0.5) is 18.9 Å². The molecule has 0 bridgehead atoms. The molecule has 1 aromatic carbocycles. The lowest BCUT2D eigenvalue weighted by Crippen LogP contribution is -2.10. The van der Waals surface area contributed by atoms with E-state index in [1.54, 1.807) is 30.3 Å². The van der Waals surface area contributed by atoms with E-state index in [9.17, 15) is 23.3 Å². The van der Waals surface area contributed by atoms with Gasteiger partial charge < -0.3 is 0 Å². The van der Waals surface area contributed by atoms with Crippen molar-refractivity contribution in [3.05, 3.63) is 57.4 Å². The maximum absolute atomic E-state index is 13.0. The Hall–Kier alpha value is -1.90. The van der Waals surface area contributed by atoms with Crippen molar-refractivity contribution in [2.24, 2.45) is 0 Å². The molecule has 0 aliphatic rings. The van der Waals surface area contributed by atoms with Gasteiger partial charge in [-0.25, -0.2) is 0 Å². The number of alkyl halides is 4. The van der Waals surface area contributed by atoms with Crippen molar-refractivity contribution in [3.63, 3.8) is 0 Å². The predicted octanol–water partition coefficient (Wildman–Crippen LogP) is 3.80. The van der Waals surface area contributed by atoms with Gasteiger partial charge in [-0.2, -0.15) is 18.3 Å². The lowest BCUT2D eigenvalue weighted by molar-refractivity contribution is -0.388. The number of hydrogen-bond donors (Lipinski definition) is 0. The number of halogens is 4. The largest absolute Gasteiger partial charge is 0.442 e. The van der Waals surface area contributed by atoms with Gasteiger partial charge in [0.15, 0.2) is 0 Å². The van der Waals surface area contributed by atoms with Crippen molar-refractivity contribution in [1.82, 2.24) is 9.78 Å². The molecule has 0 saturated heterocycles. The Labute approximate surface area is 132 Å². The Morgan fingerprint density at radius 3 is 2.41 bits per heavy atom. The Morgan fingerprint density at radius 1 is 1.27 bits per heavy atom. The molecule has 0 saturated carbocycles. The monoisotopic (exact) mass is 377 g/mol. The summed E-state index contributed by atoms with van der Waals surface area (Å²) in [6.07, 6.45) is -4.79. The molecule has 5 nitrogen and oxygen atoms in total. The van der Waals surface area contributed by atoms with Gasteiger partial charge >= 0.3 is 11.9 Å². The van der Waals surface area contributed by atoms with E-state index in [2.05, 4.69) is 21.0 Å². The van der Waals surface area contributed by atoms with E-state index < -0.39 is 22.5 Å². The Balaban J connectivity index is 2.55. The molecule has 0 unspecified atom stereocenters. The highest BCUT2D eigenvalue weighted by Crippen LogP contribution is 2.37. The fourth-order valence-corrected chi connectivity index (χ4v) is 2.47. The maximum atomic E-state index is 13.0. The highest BCUT2D eigenvalue weighted by molar-refractivity contribution is 9.09. The molecule has 0 aliphatic heterocycles. The van der Waals surface area contributed by atoms with Crippen LogP contribution in [-0.2, 0) is 19.1 Å². The molecule has 118 valence electrons. The number of rotatable bonds is 5. The molecule has 0 fully saturated rings. The fraction of sp³-hybridized carbons (Fsp3) is 0.308. The van der Waals surface area contributed by atoms with E-state index in [1.807, 2.05) is 0 Å². The molecule has 2 rings (SSSR count). The summed E-state index contributed by atoms with van der Waals surface area (Å²) in [5, 5.41) is 14.8.